The largest absolute Gasteiger partial charge is 0.452 e. The SMILES string of the molecule is Cc1ccsc1/C=C/C(=O)OCC(=O)Nc1ccc(F)cc1. The van der Waals surface area contributed by atoms with Gasteiger partial charge in [-0.25, -0.2) is 9.18 Å². The first-order chi connectivity index (χ1) is 10.5. The number of amides is 1. The van der Waals surface area contributed by atoms with Crippen molar-refractivity contribution in [2.24, 2.45) is 0 Å². The van der Waals surface area contributed by atoms with E-state index in [0.717, 1.165) is 10.4 Å². The van der Waals surface area contributed by atoms with Crippen LogP contribution in [0, 0.1) is 12.7 Å². The Labute approximate surface area is 131 Å². The predicted octanol–water partition coefficient (Wildman–Crippen LogP) is 3.39. The zero-order valence-corrected chi connectivity index (χ0v) is 12.7. The Kier molecular flexibility index (Phi) is 5.43. The predicted molar refractivity (Wildman–Crippen MR) is 84.1 cm³/mol. The summed E-state index contributed by atoms with van der Waals surface area (Å²) >= 11 is 1.51. The van der Waals surface area contributed by atoms with Crippen LogP contribution in [0.15, 0.2) is 41.8 Å². The van der Waals surface area contributed by atoms with Crippen LogP contribution in [0.5, 0.6) is 0 Å². The number of rotatable bonds is 5. The minimum Gasteiger partial charge on any atom is -0.452 e. The van der Waals surface area contributed by atoms with Crippen LogP contribution in [0.4, 0.5) is 10.1 Å². The summed E-state index contributed by atoms with van der Waals surface area (Å²) in [6, 6.07) is 7.26. The van der Waals surface area contributed by atoms with Gasteiger partial charge in [0.1, 0.15) is 5.82 Å². The number of anilines is 1. The van der Waals surface area contributed by atoms with Crippen molar-refractivity contribution in [2.45, 2.75) is 6.92 Å². The van der Waals surface area contributed by atoms with Gasteiger partial charge in [0.15, 0.2) is 6.61 Å². The molecule has 0 bridgehead atoms. The molecule has 22 heavy (non-hydrogen) atoms. The molecule has 0 fully saturated rings. The standard InChI is InChI=1S/C16H14FNO3S/c1-11-8-9-22-14(11)6-7-16(20)21-10-15(19)18-13-4-2-12(17)3-5-13/h2-9H,10H2,1H3,(H,18,19)/b7-6+. The van der Waals surface area contributed by atoms with Crippen molar-refractivity contribution in [1.29, 1.82) is 0 Å². The Hall–Kier alpha value is -2.47. The molecule has 114 valence electrons. The minimum absolute atomic E-state index is 0.390. The maximum absolute atomic E-state index is 12.7. The van der Waals surface area contributed by atoms with Crippen LogP contribution < -0.4 is 5.32 Å². The number of halogens is 1. The topological polar surface area (TPSA) is 55.4 Å². The second kappa shape index (κ2) is 7.51. The van der Waals surface area contributed by atoms with Crippen LogP contribution in [0.25, 0.3) is 6.08 Å². The highest BCUT2D eigenvalue weighted by atomic mass is 32.1. The van der Waals surface area contributed by atoms with Gasteiger partial charge in [0, 0.05) is 16.6 Å². The van der Waals surface area contributed by atoms with Gasteiger partial charge in [-0.1, -0.05) is 0 Å². The molecule has 1 heterocycles. The minimum atomic E-state index is -0.595. The van der Waals surface area contributed by atoms with Crippen molar-refractivity contribution in [1.82, 2.24) is 0 Å². The Bertz CT molecular complexity index is 692. The van der Waals surface area contributed by atoms with Gasteiger partial charge in [-0.15, -0.1) is 11.3 Å². The molecule has 0 atom stereocenters. The maximum Gasteiger partial charge on any atom is 0.331 e. The van der Waals surface area contributed by atoms with Gasteiger partial charge < -0.3 is 10.1 Å². The number of carbonyl (C=O) groups is 2. The molecule has 6 heteroatoms. The summed E-state index contributed by atoms with van der Waals surface area (Å²) in [5.41, 5.74) is 1.51. The summed E-state index contributed by atoms with van der Waals surface area (Å²) < 4.78 is 17.5. The average Bonchev–Trinajstić information content (AvgIpc) is 2.91. The number of nitrogens with one attached hydrogen (secondary N) is 1. The summed E-state index contributed by atoms with van der Waals surface area (Å²) in [4.78, 5) is 24.1. The Morgan fingerprint density at radius 2 is 2.00 bits per heavy atom. The molecule has 4 nitrogen and oxygen atoms in total. The lowest BCUT2D eigenvalue weighted by atomic mass is 10.3. The third-order valence-corrected chi connectivity index (χ3v) is 3.73. The molecule has 0 aliphatic heterocycles. The molecule has 0 aliphatic rings. The van der Waals surface area contributed by atoms with Crippen LogP contribution in [0.1, 0.15) is 10.4 Å². The lowest BCUT2D eigenvalue weighted by molar-refractivity contribution is -0.142. The van der Waals surface area contributed by atoms with E-state index < -0.39 is 24.3 Å². The molecule has 0 saturated heterocycles. The van der Waals surface area contributed by atoms with E-state index in [0.29, 0.717) is 5.69 Å². The maximum atomic E-state index is 12.7. The fraction of sp³-hybridized carbons (Fsp3) is 0.125. The number of hydrogen-bond donors (Lipinski definition) is 1. The third-order valence-electron chi connectivity index (χ3n) is 2.75. The second-order valence-corrected chi connectivity index (χ2v) is 5.41. The van der Waals surface area contributed by atoms with Crippen molar-refractivity contribution < 1.29 is 18.7 Å². The first-order valence-electron chi connectivity index (χ1n) is 6.49. The molecular weight excluding hydrogens is 305 g/mol. The lowest BCUT2D eigenvalue weighted by Crippen LogP contribution is -2.20. The van der Waals surface area contributed by atoms with Crippen molar-refractivity contribution in [3.05, 3.63) is 58.0 Å². The van der Waals surface area contributed by atoms with E-state index in [9.17, 15) is 14.0 Å². The zero-order chi connectivity index (χ0) is 15.9. The fourth-order valence-corrected chi connectivity index (χ4v) is 2.43. The van der Waals surface area contributed by atoms with Crippen LogP contribution >= 0.6 is 11.3 Å². The molecular formula is C16H14FNO3S. The number of ether oxygens (including phenoxy) is 1. The lowest BCUT2D eigenvalue weighted by Gasteiger charge is -2.05. The quantitative estimate of drug-likeness (QED) is 0.679. The number of aryl methyl sites for hydroxylation is 1. The van der Waals surface area contributed by atoms with E-state index in [4.69, 9.17) is 4.74 Å². The van der Waals surface area contributed by atoms with E-state index in [2.05, 4.69) is 5.32 Å². The van der Waals surface area contributed by atoms with E-state index in [1.165, 1.54) is 41.7 Å². The van der Waals surface area contributed by atoms with Crippen molar-refractivity contribution in [3.8, 4) is 0 Å². The zero-order valence-electron chi connectivity index (χ0n) is 11.8. The first-order valence-corrected chi connectivity index (χ1v) is 7.37. The van der Waals surface area contributed by atoms with Gasteiger partial charge in [-0.3, -0.25) is 4.79 Å². The summed E-state index contributed by atoms with van der Waals surface area (Å²) in [5.74, 6) is -1.47. The van der Waals surface area contributed by atoms with E-state index in [-0.39, 0.29) is 0 Å². The van der Waals surface area contributed by atoms with E-state index in [1.807, 2.05) is 18.4 Å². The second-order valence-electron chi connectivity index (χ2n) is 4.46. The number of esters is 1. The monoisotopic (exact) mass is 319 g/mol. The fourth-order valence-electron chi connectivity index (χ4n) is 1.61. The average molecular weight is 319 g/mol. The van der Waals surface area contributed by atoms with Gasteiger partial charge in [0.05, 0.1) is 0 Å². The molecule has 0 unspecified atom stereocenters. The van der Waals surface area contributed by atoms with Crippen LogP contribution in [-0.4, -0.2) is 18.5 Å². The van der Waals surface area contributed by atoms with Crippen molar-refractivity contribution in [2.75, 3.05) is 11.9 Å². The third kappa shape index (κ3) is 4.82. The highest BCUT2D eigenvalue weighted by Crippen LogP contribution is 2.17. The van der Waals surface area contributed by atoms with Gasteiger partial charge >= 0.3 is 5.97 Å². The molecule has 0 spiro atoms. The summed E-state index contributed by atoms with van der Waals surface area (Å²) in [6.07, 6.45) is 2.93. The Morgan fingerprint density at radius 3 is 2.64 bits per heavy atom. The molecule has 1 aromatic heterocycles. The number of hydrogen-bond acceptors (Lipinski definition) is 4. The number of thiophene rings is 1. The molecule has 2 aromatic rings. The van der Waals surface area contributed by atoms with Gasteiger partial charge in [0.2, 0.25) is 0 Å². The van der Waals surface area contributed by atoms with E-state index in [1.54, 1.807) is 6.08 Å². The summed E-state index contributed by atoms with van der Waals surface area (Å²) in [6.45, 7) is 1.54. The van der Waals surface area contributed by atoms with Crippen LogP contribution in [-0.2, 0) is 14.3 Å². The first kappa shape index (κ1) is 15.9. The molecule has 1 aromatic carbocycles. The smallest absolute Gasteiger partial charge is 0.331 e. The Balaban J connectivity index is 1.78. The molecule has 2 rings (SSSR count). The number of carbonyl (C=O) groups excluding carboxylic acids is 2. The van der Waals surface area contributed by atoms with Crippen LogP contribution in [0.3, 0.4) is 0 Å². The normalized spacial score (nSPS) is 10.6. The van der Waals surface area contributed by atoms with E-state index >= 15 is 0 Å². The molecule has 1 N–H and O–H groups in total. The Morgan fingerprint density at radius 1 is 1.27 bits per heavy atom. The molecule has 0 radical (unpaired) electrons. The summed E-state index contributed by atoms with van der Waals surface area (Å²) in [5, 5.41) is 4.43. The molecule has 0 aliphatic carbocycles. The highest BCUT2D eigenvalue weighted by molar-refractivity contribution is 7.11. The van der Waals surface area contributed by atoms with Crippen LogP contribution in [0.2, 0.25) is 0 Å². The van der Waals surface area contributed by atoms with Crippen molar-refractivity contribution in [3.63, 3.8) is 0 Å². The van der Waals surface area contributed by atoms with Gasteiger partial charge in [-0.2, -0.15) is 0 Å². The summed E-state index contributed by atoms with van der Waals surface area (Å²) in [7, 11) is 0. The van der Waals surface area contributed by atoms with Crippen molar-refractivity contribution >= 4 is 35.0 Å². The number of benzene rings is 1. The van der Waals surface area contributed by atoms with Gasteiger partial charge in [-0.05, 0) is 54.3 Å². The van der Waals surface area contributed by atoms with Gasteiger partial charge in [0.25, 0.3) is 5.91 Å². The molecule has 0 saturated carbocycles. The highest BCUT2D eigenvalue weighted by Gasteiger charge is 2.06. The molecule has 1 amide bonds.